The molecule has 0 aliphatic rings. The van der Waals surface area contributed by atoms with E-state index in [1.54, 1.807) is 30.9 Å². The third-order valence-electron chi connectivity index (χ3n) is 5.29. The number of nitrogen functional groups attached to an aromatic ring is 1. The number of hydrogen-bond acceptors (Lipinski definition) is 5. The molecule has 0 saturated carbocycles. The molecule has 0 radical (unpaired) electrons. The predicted octanol–water partition coefficient (Wildman–Crippen LogP) is 5.94. The Balaban J connectivity index is 0.00000133. The predicted molar refractivity (Wildman–Crippen MR) is 139 cm³/mol. The first-order valence-corrected chi connectivity index (χ1v) is 11.1. The summed E-state index contributed by atoms with van der Waals surface area (Å²) in [5.74, 6) is 0. The van der Waals surface area contributed by atoms with Crippen LogP contribution in [0.15, 0.2) is 79.9 Å². The van der Waals surface area contributed by atoms with E-state index in [-0.39, 0.29) is 0 Å². The maximum absolute atomic E-state index is 5.90. The van der Waals surface area contributed by atoms with Gasteiger partial charge >= 0.3 is 0 Å². The Morgan fingerprint density at radius 1 is 1.06 bits per heavy atom. The quantitative estimate of drug-likeness (QED) is 0.288. The molecule has 5 aromatic heterocycles. The molecule has 5 aromatic rings. The van der Waals surface area contributed by atoms with Gasteiger partial charge < -0.3 is 10.7 Å². The van der Waals surface area contributed by atoms with Crippen molar-refractivity contribution in [1.82, 2.24) is 30.1 Å². The lowest BCUT2D eigenvalue weighted by molar-refractivity contribution is 1.11. The zero-order chi connectivity index (χ0) is 24.1. The molecule has 5 rings (SSSR count). The van der Waals surface area contributed by atoms with Crippen molar-refractivity contribution in [3.05, 3.63) is 96.9 Å². The number of nitrogens with one attached hydrogen (secondary N) is 2. The van der Waals surface area contributed by atoms with E-state index >= 15 is 0 Å². The molecule has 0 fully saturated rings. The van der Waals surface area contributed by atoms with Gasteiger partial charge in [0.15, 0.2) is 0 Å². The van der Waals surface area contributed by atoms with E-state index in [1.165, 1.54) is 0 Å². The van der Waals surface area contributed by atoms with Gasteiger partial charge in [0.05, 0.1) is 34.5 Å². The van der Waals surface area contributed by atoms with Crippen LogP contribution in [-0.2, 0) is 0 Å². The van der Waals surface area contributed by atoms with Crippen LogP contribution >= 0.6 is 0 Å². The monoisotopic (exact) mass is 449 g/mol. The second-order valence-electron chi connectivity index (χ2n) is 7.45. The lowest BCUT2D eigenvalue weighted by Gasteiger charge is -2.05. The highest BCUT2D eigenvalue weighted by Crippen LogP contribution is 2.33. The number of nitrogens with zero attached hydrogens (tertiary/aromatic N) is 4. The van der Waals surface area contributed by atoms with Crippen LogP contribution in [0, 0.1) is 6.92 Å². The van der Waals surface area contributed by atoms with Gasteiger partial charge in [-0.2, -0.15) is 5.10 Å². The largest absolute Gasteiger partial charge is 0.397 e. The molecular weight excluding hydrogens is 422 g/mol. The fourth-order valence-electron chi connectivity index (χ4n) is 3.80. The fourth-order valence-corrected chi connectivity index (χ4v) is 3.80. The van der Waals surface area contributed by atoms with Gasteiger partial charge in [-0.1, -0.05) is 38.6 Å². The molecule has 0 saturated heterocycles. The number of anilines is 1. The van der Waals surface area contributed by atoms with E-state index in [2.05, 4.69) is 42.8 Å². The lowest BCUT2D eigenvalue weighted by Crippen LogP contribution is -1.91. The lowest BCUT2D eigenvalue weighted by atomic mass is 10.0. The van der Waals surface area contributed by atoms with Crippen LogP contribution in [0.4, 0.5) is 5.69 Å². The standard InChI is InChI=1S/C25H21N7.C2H6/c1-3-6-18(21-7-4-5-8-28-21)19-10-23(30-15(19)2)25-20-11-22(29-14-24(20)31-32-25)16-9-17(26)13-27-12-16;1-2/h3-14,30H,1,26H2,2H3,(H,31,32);1-2H3/b18-6+;. The van der Waals surface area contributed by atoms with E-state index in [4.69, 9.17) is 5.73 Å². The second kappa shape index (κ2) is 9.95. The van der Waals surface area contributed by atoms with E-state index in [0.29, 0.717) is 5.69 Å². The van der Waals surface area contributed by atoms with Crippen LogP contribution in [0.1, 0.15) is 30.8 Å². The van der Waals surface area contributed by atoms with Crippen molar-refractivity contribution in [2.24, 2.45) is 0 Å². The molecule has 7 heteroatoms. The highest BCUT2D eigenvalue weighted by atomic mass is 15.1. The molecule has 170 valence electrons. The Hall–Kier alpha value is -4.52. The molecule has 0 aliphatic carbocycles. The van der Waals surface area contributed by atoms with Gasteiger partial charge in [0, 0.05) is 46.4 Å². The molecule has 0 unspecified atom stereocenters. The molecule has 5 heterocycles. The Morgan fingerprint density at radius 2 is 1.91 bits per heavy atom. The van der Waals surface area contributed by atoms with Crippen molar-refractivity contribution in [3.63, 3.8) is 0 Å². The van der Waals surface area contributed by atoms with Crippen LogP contribution in [0.5, 0.6) is 0 Å². The summed E-state index contributed by atoms with van der Waals surface area (Å²) in [5, 5.41) is 8.59. The molecule has 0 aromatic carbocycles. The number of hydrogen-bond donors (Lipinski definition) is 3. The first-order chi connectivity index (χ1) is 16.6. The summed E-state index contributed by atoms with van der Waals surface area (Å²) >= 11 is 0. The number of aromatic amines is 2. The summed E-state index contributed by atoms with van der Waals surface area (Å²) in [7, 11) is 0. The number of pyridine rings is 3. The van der Waals surface area contributed by atoms with Gasteiger partial charge in [0.2, 0.25) is 0 Å². The van der Waals surface area contributed by atoms with Crippen molar-refractivity contribution in [2.45, 2.75) is 20.8 Å². The van der Waals surface area contributed by atoms with E-state index in [9.17, 15) is 0 Å². The molecule has 0 aliphatic heterocycles. The highest BCUT2D eigenvalue weighted by Gasteiger charge is 2.17. The van der Waals surface area contributed by atoms with Crippen LogP contribution in [0.2, 0.25) is 0 Å². The average Bonchev–Trinajstić information content (AvgIpc) is 3.47. The molecule has 0 amide bonds. The molecule has 4 N–H and O–H groups in total. The minimum atomic E-state index is 0.595. The van der Waals surface area contributed by atoms with Crippen LogP contribution in [-0.4, -0.2) is 30.1 Å². The maximum atomic E-state index is 5.90. The van der Waals surface area contributed by atoms with Gasteiger partial charge in [-0.15, -0.1) is 0 Å². The van der Waals surface area contributed by atoms with Gasteiger partial charge in [-0.25, -0.2) is 0 Å². The zero-order valence-corrected chi connectivity index (χ0v) is 19.5. The van der Waals surface area contributed by atoms with E-state index in [0.717, 1.165) is 56.1 Å². The van der Waals surface area contributed by atoms with Gasteiger partial charge in [0.25, 0.3) is 0 Å². The Kier molecular flexibility index (Phi) is 6.64. The summed E-state index contributed by atoms with van der Waals surface area (Å²) in [6.45, 7) is 9.91. The summed E-state index contributed by atoms with van der Waals surface area (Å²) < 4.78 is 0. The summed E-state index contributed by atoms with van der Waals surface area (Å²) in [4.78, 5) is 16.7. The minimum Gasteiger partial charge on any atom is -0.397 e. The number of nitrogens with two attached hydrogens (primary N) is 1. The smallest absolute Gasteiger partial charge is 0.116 e. The van der Waals surface area contributed by atoms with Crippen molar-refractivity contribution in [1.29, 1.82) is 0 Å². The Labute approximate surface area is 198 Å². The van der Waals surface area contributed by atoms with Crippen molar-refractivity contribution in [2.75, 3.05) is 5.73 Å². The topological polar surface area (TPSA) is 109 Å². The Bertz CT molecular complexity index is 1460. The van der Waals surface area contributed by atoms with Crippen molar-refractivity contribution >= 4 is 22.2 Å². The second-order valence-corrected chi connectivity index (χ2v) is 7.45. The number of aromatic nitrogens is 6. The number of aryl methyl sites for hydroxylation is 1. The molecular formula is C27H27N7. The van der Waals surface area contributed by atoms with E-state index < -0.39 is 0 Å². The average molecular weight is 450 g/mol. The van der Waals surface area contributed by atoms with Crippen LogP contribution in [0.3, 0.4) is 0 Å². The van der Waals surface area contributed by atoms with Gasteiger partial charge in [-0.05, 0) is 37.3 Å². The SMILES string of the molecule is C=C/C=C(/c1ccccn1)c1cc(-c2n[nH]c3cnc(-c4cncc(N)c4)cc23)[nH]c1C.CC. The third kappa shape index (κ3) is 4.36. The summed E-state index contributed by atoms with van der Waals surface area (Å²) in [6.07, 6.45) is 10.7. The number of fused-ring (bicyclic) bond motifs is 1. The zero-order valence-electron chi connectivity index (χ0n) is 19.5. The van der Waals surface area contributed by atoms with Gasteiger partial charge in [0.1, 0.15) is 5.69 Å². The van der Waals surface area contributed by atoms with E-state index in [1.807, 2.05) is 57.2 Å². The minimum absolute atomic E-state index is 0.595. The van der Waals surface area contributed by atoms with Crippen molar-refractivity contribution < 1.29 is 0 Å². The number of H-pyrrole nitrogens is 2. The summed E-state index contributed by atoms with van der Waals surface area (Å²) in [5.41, 5.74) is 14.6. The normalized spacial score (nSPS) is 11.2. The maximum Gasteiger partial charge on any atom is 0.116 e. The fraction of sp³-hybridized carbons (Fsp3) is 0.111. The van der Waals surface area contributed by atoms with Crippen LogP contribution in [0.25, 0.3) is 39.1 Å². The molecule has 0 atom stereocenters. The number of rotatable bonds is 5. The number of allylic oxidation sites excluding steroid dienone is 2. The highest BCUT2D eigenvalue weighted by molar-refractivity contribution is 5.95. The summed E-state index contributed by atoms with van der Waals surface area (Å²) in [6, 6.07) is 11.8. The molecule has 34 heavy (non-hydrogen) atoms. The third-order valence-corrected chi connectivity index (χ3v) is 5.29. The molecule has 0 bridgehead atoms. The molecule has 7 nitrogen and oxygen atoms in total. The Morgan fingerprint density at radius 3 is 2.65 bits per heavy atom. The first kappa shape index (κ1) is 22.7. The van der Waals surface area contributed by atoms with Crippen LogP contribution < -0.4 is 5.73 Å². The first-order valence-electron chi connectivity index (χ1n) is 11.1. The van der Waals surface area contributed by atoms with Crippen molar-refractivity contribution in [3.8, 4) is 22.6 Å². The van der Waals surface area contributed by atoms with Gasteiger partial charge in [-0.3, -0.25) is 20.1 Å². The molecule has 0 spiro atoms.